The largest absolute Gasteiger partial charge is 0.496 e. The molecule has 0 heterocycles. The lowest BCUT2D eigenvalue weighted by molar-refractivity contribution is 0.411. The van der Waals surface area contributed by atoms with Gasteiger partial charge in [0.2, 0.25) is 0 Å². The average Bonchev–Trinajstić information content (AvgIpc) is 2.43. The molecule has 2 nitrogen and oxygen atoms in total. The highest BCUT2D eigenvalue weighted by molar-refractivity contribution is 5.72. The third-order valence-electron chi connectivity index (χ3n) is 3.47. The van der Waals surface area contributed by atoms with Crippen LogP contribution in [0.4, 0.5) is 4.39 Å². The molecule has 0 aromatic heterocycles. The van der Waals surface area contributed by atoms with Crippen LogP contribution in [0.5, 0.6) is 5.75 Å². The maximum absolute atomic E-state index is 13.6. The highest BCUT2D eigenvalue weighted by Gasteiger charge is 2.11. The first-order valence-corrected chi connectivity index (χ1v) is 6.65. The number of aryl methyl sites for hydroxylation is 2. The highest BCUT2D eigenvalue weighted by Crippen LogP contribution is 2.32. The molecule has 0 bridgehead atoms. The third kappa shape index (κ3) is 2.83. The Bertz CT molecular complexity index is 623. The van der Waals surface area contributed by atoms with E-state index >= 15 is 0 Å². The molecule has 0 aliphatic rings. The molecule has 0 aliphatic heterocycles. The lowest BCUT2D eigenvalue weighted by Gasteiger charge is -2.15. The van der Waals surface area contributed by atoms with E-state index in [1.807, 2.05) is 33.0 Å². The molecule has 20 heavy (non-hydrogen) atoms. The van der Waals surface area contributed by atoms with Crippen molar-refractivity contribution >= 4 is 0 Å². The van der Waals surface area contributed by atoms with E-state index in [2.05, 4.69) is 11.4 Å². The van der Waals surface area contributed by atoms with Gasteiger partial charge in [0.25, 0.3) is 0 Å². The Morgan fingerprint density at radius 2 is 1.80 bits per heavy atom. The second-order valence-electron chi connectivity index (χ2n) is 4.97. The fourth-order valence-corrected chi connectivity index (χ4v) is 2.44. The van der Waals surface area contributed by atoms with Gasteiger partial charge in [0.1, 0.15) is 11.6 Å². The summed E-state index contributed by atoms with van der Waals surface area (Å²) in [6, 6.07) is 8.99. The van der Waals surface area contributed by atoms with Gasteiger partial charge >= 0.3 is 0 Å². The van der Waals surface area contributed by atoms with Crippen LogP contribution in [-0.2, 0) is 6.54 Å². The molecule has 0 unspecified atom stereocenters. The first-order chi connectivity index (χ1) is 9.56. The van der Waals surface area contributed by atoms with E-state index in [9.17, 15) is 4.39 Å². The van der Waals surface area contributed by atoms with Crippen molar-refractivity contribution in [3.05, 3.63) is 52.8 Å². The second kappa shape index (κ2) is 6.06. The van der Waals surface area contributed by atoms with E-state index in [1.54, 1.807) is 13.2 Å². The van der Waals surface area contributed by atoms with Crippen molar-refractivity contribution < 1.29 is 9.13 Å². The molecular formula is C17H20FNO. The predicted molar refractivity (Wildman–Crippen MR) is 80.6 cm³/mol. The van der Waals surface area contributed by atoms with Crippen molar-refractivity contribution in [3.63, 3.8) is 0 Å². The summed E-state index contributed by atoms with van der Waals surface area (Å²) in [5.74, 6) is 0.644. The molecule has 2 aromatic rings. The first kappa shape index (κ1) is 14.5. The molecule has 0 radical (unpaired) electrons. The van der Waals surface area contributed by atoms with Gasteiger partial charge in [-0.1, -0.05) is 6.07 Å². The zero-order valence-corrected chi connectivity index (χ0v) is 12.4. The zero-order chi connectivity index (χ0) is 14.7. The number of halogens is 1. The van der Waals surface area contributed by atoms with Gasteiger partial charge in [-0.2, -0.15) is 0 Å². The molecule has 106 valence electrons. The Kier molecular flexibility index (Phi) is 4.40. The maximum Gasteiger partial charge on any atom is 0.123 e. The summed E-state index contributed by atoms with van der Waals surface area (Å²) in [4.78, 5) is 0. The van der Waals surface area contributed by atoms with Gasteiger partial charge in [-0.3, -0.25) is 0 Å². The number of ether oxygens (including phenoxy) is 1. The number of hydrogen-bond acceptors (Lipinski definition) is 2. The van der Waals surface area contributed by atoms with Gasteiger partial charge in [-0.15, -0.1) is 0 Å². The van der Waals surface area contributed by atoms with Gasteiger partial charge in [0, 0.05) is 6.54 Å². The minimum absolute atomic E-state index is 0.215. The summed E-state index contributed by atoms with van der Waals surface area (Å²) in [7, 11) is 3.55. The van der Waals surface area contributed by atoms with Crippen molar-refractivity contribution in [1.82, 2.24) is 5.32 Å². The lowest BCUT2D eigenvalue weighted by atomic mass is 9.94. The van der Waals surface area contributed by atoms with Crippen LogP contribution in [-0.4, -0.2) is 14.2 Å². The van der Waals surface area contributed by atoms with Crippen LogP contribution < -0.4 is 10.1 Å². The smallest absolute Gasteiger partial charge is 0.123 e. The van der Waals surface area contributed by atoms with Crippen molar-refractivity contribution in [2.24, 2.45) is 0 Å². The van der Waals surface area contributed by atoms with E-state index in [4.69, 9.17) is 4.74 Å². The number of nitrogens with one attached hydrogen (secondary N) is 1. The van der Waals surface area contributed by atoms with Crippen LogP contribution in [0.3, 0.4) is 0 Å². The Morgan fingerprint density at radius 3 is 2.45 bits per heavy atom. The molecule has 0 aliphatic carbocycles. The van der Waals surface area contributed by atoms with Crippen molar-refractivity contribution in [2.75, 3.05) is 14.2 Å². The van der Waals surface area contributed by atoms with Gasteiger partial charge in [-0.05, 0) is 73.0 Å². The quantitative estimate of drug-likeness (QED) is 0.914. The predicted octanol–water partition coefficient (Wildman–Crippen LogP) is 3.84. The van der Waals surface area contributed by atoms with Gasteiger partial charge in [0.15, 0.2) is 0 Å². The number of benzene rings is 2. The summed E-state index contributed by atoms with van der Waals surface area (Å²) in [5.41, 5.74) is 5.19. The number of rotatable bonds is 4. The molecule has 0 amide bonds. The van der Waals surface area contributed by atoms with E-state index in [0.717, 1.165) is 33.6 Å². The monoisotopic (exact) mass is 273 g/mol. The molecule has 0 saturated heterocycles. The van der Waals surface area contributed by atoms with Crippen LogP contribution in [0.2, 0.25) is 0 Å². The summed E-state index contributed by atoms with van der Waals surface area (Å²) in [6.07, 6.45) is 0. The van der Waals surface area contributed by atoms with E-state index in [1.165, 1.54) is 6.07 Å². The van der Waals surface area contributed by atoms with Crippen molar-refractivity contribution in [2.45, 2.75) is 20.4 Å². The summed E-state index contributed by atoms with van der Waals surface area (Å²) in [6.45, 7) is 4.73. The number of hydrogen-bond donors (Lipinski definition) is 1. The fourth-order valence-electron chi connectivity index (χ4n) is 2.44. The topological polar surface area (TPSA) is 21.3 Å². The molecule has 0 spiro atoms. The zero-order valence-electron chi connectivity index (χ0n) is 12.4. The molecule has 2 aromatic carbocycles. The number of methoxy groups -OCH3 is 1. The van der Waals surface area contributed by atoms with E-state index in [-0.39, 0.29) is 5.82 Å². The minimum atomic E-state index is -0.215. The average molecular weight is 273 g/mol. The SMILES string of the molecule is CNCc1ccc(F)cc1-c1cc(C)c(OC)cc1C. The van der Waals surface area contributed by atoms with Gasteiger partial charge < -0.3 is 10.1 Å². The third-order valence-corrected chi connectivity index (χ3v) is 3.47. The van der Waals surface area contributed by atoms with E-state index in [0.29, 0.717) is 6.54 Å². The van der Waals surface area contributed by atoms with E-state index < -0.39 is 0 Å². The molecule has 2 rings (SSSR count). The molecule has 1 N–H and O–H groups in total. The second-order valence-corrected chi connectivity index (χ2v) is 4.97. The Labute approximate surface area is 119 Å². The minimum Gasteiger partial charge on any atom is -0.496 e. The van der Waals surface area contributed by atoms with Crippen LogP contribution in [0, 0.1) is 19.7 Å². The van der Waals surface area contributed by atoms with Crippen LogP contribution in [0.15, 0.2) is 30.3 Å². The van der Waals surface area contributed by atoms with Crippen molar-refractivity contribution in [3.8, 4) is 16.9 Å². The molecule has 0 saturated carbocycles. The standard InChI is InChI=1S/C17H20FNO/c1-11-8-17(20-4)12(2)7-15(11)16-9-14(18)6-5-13(16)10-19-3/h5-9,19H,10H2,1-4H3. The van der Waals surface area contributed by atoms with Crippen LogP contribution in [0.25, 0.3) is 11.1 Å². The Balaban J connectivity index is 2.61. The van der Waals surface area contributed by atoms with Crippen LogP contribution >= 0.6 is 0 Å². The summed E-state index contributed by atoms with van der Waals surface area (Å²) >= 11 is 0. The lowest BCUT2D eigenvalue weighted by Crippen LogP contribution is -2.07. The summed E-state index contributed by atoms with van der Waals surface area (Å²) < 4.78 is 18.9. The first-order valence-electron chi connectivity index (χ1n) is 6.65. The van der Waals surface area contributed by atoms with Gasteiger partial charge in [0.05, 0.1) is 7.11 Å². The maximum atomic E-state index is 13.6. The molecule has 0 fully saturated rings. The molecule has 3 heteroatoms. The molecular weight excluding hydrogens is 253 g/mol. The summed E-state index contributed by atoms with van der Waals surface area (Å²) in [5, 5.41) is 3.12. The normalized spacial score (nSPS) is 10.7. The Morgan fingerprint density at radius 1 is 1.05 bits per heavy atom. The van der Waals surface area contributed by atoms with Gasteiger partial charge in [-0.25, -0.2) is 4.39 Å². The van der Waals surface area contributed by atoms with Crippen molar-refractivity contribution in [1.29, 1.82) is 0 Å². The van der Waals surface area contributed by atoms with Crippen LogP contribution in [0.1, 0.15) is 16.7 Å². The molecule has 0 atom stereocenters. The fraction of sp³-hybridized carbons (Fsp3) is 0.294. The Hall–Kier alpha value is -1.87. The highest BCUT2D eigenvalue weighted by atomic mass is 19.1.